The Kier molecular flexibility index (Phi) is 2.64. The third-order valence-electron chi connectivity index (χ3n) is 2.63. The predicted molar refractivity (Wildman–Crippen MR) is 52.6 cm³/mol. The van der Waals surface area contributed by atoms with Crippen molar-refractivity contribution in [1.29, 1.82) is 0 Å². The molecule has 3 nitrogen and oxygen atoms in total. The van der Waals surface area contributed by atoms with Crippen molar-refractivity contribution >= 4 is 0 Å². The maximum absolute atomic E-state index is 4.26. The Morgan fingerprint density at radius 3 is 3.46 bits per heavy atom. The summed E-state index contributed by atoms with van der Waals surface area (Å²) in [6.07, 6.45) is 5.47. The van der Waals surface area contributed by atoms with Crippen molar-refractivity contribution in [2.45, 2.75) is 38.8 Å². The number of fused-ring (bicyclic) bond motifs is 1. The smallest absolute Gasteiger partial charge is 0.0492 e. The maximum Gasteiger partial charge on any atom is 0.0492 e. The van der Waals surface area contributed by atoms with E-state index in [0.29, 0.717) is 6.04 Å². The number of aryl methyl sites for hydroxylation is 1. The molecule has 0 spiro atoms. The van der Waals surface area contributed by atoms with E-state index in [-0.39, 0.29) is 0 Å². The molecule has 1 aliphatic rings. The summed E-state index contributed by atoms with van der Waals surface area (Å²) in [6, 6.07) is 2.80. The van der Waals surface area contributed by atoms with Gasteiger partial charge in [-0.1, -0.05) is 6.92 Å². The van der Waals surface area contributed by atoms with Crippen LogP contribution < -0.4 is 5.32 Å². The summed E-state index contributed by atoms with van der Waals surface area (Å²) in [5.74, 6) is 0. The lowest BCUT2D eigenvalue weighted by Gasteiger charge is -2.24. The minimum Gasteiger partial charge on any atom is -0.314 e. The average molecular weight is 179 g/mol. The Hall–Kier alpha value is -0.830. The Morgan fingerprint density at radius 1 is 1.69 bits per heavy atom. The van der Waals surface area contributed by atoms with E-state index in [1.807, 2.05) is 6.20 Å². The van der Waals surface area contributed by atoms with Gasteiger partial charge in [-0.2, -0.15) is 5.10 Å². The standard InChI is InChI=1S/C10H17N3/c1-2-5-11-9-4-7-13-10(8-9)3-6-12-13/h3,6,9,11H,2,4-5,7-8H2,1H3. The van der Waals surface area contributed by atoms with E-state index in [4.69, 9.17) is 0 Å². The summed E-state index contributed by atoms with van der Waals surface area (Å²) in [5, 5.41) is 7.82. The molecule has 1 aromatic rings. The van der Waals surface area contributed by atoms with Crippen molar-refractivity contribution in [3.8, 4) is 0 Å². The highest BCUT2D eigenvalue weighted by molar-refractivity contribution is 5.05. The lowest BCUT2D eigenvalue weighted by Crippen LogP contribution is -2.36. The predicted octanol–water partition coefficient (Wildman–Crippen LogP) is 1.20. The average Bonchev–Trinajstić information content (AvgIpc) is 2.61. The van der Waals surface area contributed by atoms with Crippen molar-refractivity contribution in [3.05, 3.63) is 18.0 Å². The number of aromatic nitrogens is 2. The van der Waals surface area contributed by atoms with Gasteiger partial charge in [-0.15, -0.1) is 0 Å². The monoisotopic (exact) mass is 179 g/mol. The van der Waals surface area contributed by atoms with Gasteiger partial charge in [0.1, 0.15) is 0 Å². The largest absolute Gasteiger partial charge is 0.314 e. The van der Waals surface area contributed by atoms with Crippen LogP contribution in [0, 0.1) is 0 Å². The van der Waals surface area contributed by atoms with Gasteiger partial charge in [0.05, 0.1) is 0 Å². The molecule has 72 valence electrons. The zero-order valence-corrected chi connectivity index (χ0v) is 8.16. The number of nitrogens with one attached hydrogen (secondary N) is 1. The first kappa shape index (κ1) is 8.75. The minimum atomic E-state index is 0.671. The van der Waals surface area contributed by atoms with E-state index in [2.05, 4.69) is 28.1 Å². The minimum absolute atomic E-state index is 0.671. The first-order chi connectivity index (χ1) is 6.40. The first-order valence-corrected chi connectivity index (χ1v) is 5.14. The Morgan fingerprint density at radius 2 is 2.62 bits per heavy atom. The summed E-state index contributed by atoms with van der Waals surface area (Å²) in [6.45, 7) is 4.42. The van der Waals surface area contributed by atoms with Crippen LogP contribution in [0.1, 0.15) is 25.5 Å². The van der Waals surface area contributed by atoms with Crippen LogP contribution in [0.4, 0.5) is 0 Å². The van der Waals surface area contributed by atoms with Gasteiger partial charge in [0.15, 0.2) is 0 Å². The third-order valence-corrected chi connectivity index (χ3v) is 2.63. The van der Waals surface area contributed by atoms with Crippen molar-refractivity contribution in [2.24, 2.45) is 0 Å². The number of hydrogen-bond acceptors (Lipinski definition) is 2. The second kappa shape index (κ2) is 3.92. The van der Waals surface area contributed by atoms with Crippen molar-refractivity contribution in [2.75, 3.05) is 6.54 Å². The molecular weight excluding hydrogens is 162 g/mol. The topological polar surface area (TPSA) is 29.9 Å². The highest BCUT2D eigenvalue weighted by Crippen LogP contribution is 2.13. The van der Waals surface area contributed by atoms with Crippen LogP contribution in [-0.4, -0.2) is 22.4 Å². The fourth-order valence-electron chi connectivity index (χ4n) is 1.89. The Labute approximate surface area is 79.1 Å². The lowest BCUT2D eigenvalue weighted by atomic mass is 10.0. The maximum atomic E-state index is 4.26. The second-order valence-electron chi connectivity index (χ2n) is 3.69. The second-order valence-corrected chi connectivity index (χ2v) is 3.69. The van der Waals surface area contributed by atoms with Gasteiger partial charge >= 0.3 is 0 Å². The lowest BCUT2D eigenvalue weighted by molar-refractivity contribution is 0.381. The molecule has 2 rings (SSSR count). The van der Waals surface area contributed by atoms with Crippen molar-refractivity contribution in [1.82, 2.24) is 15.1 Å². The van der Waals surface area contributed by atoms with Gasteiger partial charge in [-0.3, -0.25) is 4.68 Å². The summed E-state index contributed by atoms with van der Waals surface area (Å²) in [5.41, 5.74) is 1.37. The zero-order valence-electron chi connectivity index (χ0n) is 8.16. The molecule has 0 aromatic carbocycles. The van der Waals surface area contributed by atoms with Crippen LogP contribution in [-0.2, 0) is 13.0 Å². The third kappa shape index (κ3) is 1.91. The highest BCUT2D eigenvalue weighted by Gasteiger charge is 2.17. The molecule has 1 atom stereocenters. The Balaban J connectivity index is 1.93. The molecule has 1 unspecified atom stereocenters. The van der Waals surface area contributed by atoms with E-state index in [0.717, 1.165) is 19.5 Å². The van der Waals surface area contributed by atoms with Gasteiger partial charge in [-0.25, -0.2) is 0 Å². The fraction of sp³-hybridized carbons (Fsp3) is 0.700. The van der Waals surface area contributed by atoms with Gasteiger partial charge in [0.2, 0.25) is 0 Å². The van der Waals surface area contributed by atoms with E-state index < -0.39 is 0 Å². The number of rotatable bonds is 3. The molecule has 1 N–H and O–H groups in total. The van der Waals surface area contributed by atoms with Gasteiger partial charge in [-0.05, 0) is 25.5 Å². The molecule has 0 saturated heterocycles. The van der Waals surface area contributed by atoms with E-state index in [9.17, 15) is 0 Å². The van der Waals surface area contributed by atoms with Crippen LogP contribution >= 0.6 is 0 Å². The summed E-state index contributed by atoms with van der Waals surface area (Å²) >= 11 is 0. The molecule has 0 aliphatic carbocycles. The van der Waals surface area contributed by atoms with Gasteiger partial charge < -0.3 is 5.32 Å². The molecular formula is C10H17N3. The number of nitrogens with zero attached hydrogens (tertiary/aromatic N) is 2. The molecule has 0 radical (unpaired) electrons. The molecule has 2 heterocycles. The number of hydrogen-bond donors (Lipinski definition) is 1. The molecule has 0 bridgehead atoms. The van der Waals surface area contributed by atoms with Crippen molar-refractivity contribution < 1.29 is 0 Å². The molecule has 1 aromatic heterocycles. The van der Waals surface area contributed by atoms with Crippen LogP contribution in [0.25, 0.3) is 0 Å². The fourth-order valence-corrected chi connectivity index (χ4v) is 1.89. The highest BCUT2D eigenvalue weighted by atomic mass is 15.3. The van der Waals surface area contributed by atoms with Crippen LogP contribution in [0.15, 0.2) is 12.3 Å². The van der Waals surface area contributed by atoms with Crippen LogP contribution in [0.5, 0.6) is 0 Å². The van der Waals surface area contributed by atoms with Gasteiger partial charge in [0, 0.05) is 30.9 Å². The van der Waals surface area contributed by atoms with Crippen LogP contribution in [0.2, 0.25) is 0 Å². The molecule has 0 saturated carbocycles. The SMILES string of the molecule is CCCNC1CCn2nccc2C1. The summed E-state index contributed by atoms with van der Waals surface area (Å²) in [4.78, 5) is 0. The molecule has 0 amide bonds. The van der Waals surface area contributed by atoms with Gasteiger partial charge in [0.25, 0.3) is 0 Å². The van der Waals surface area contributed by atoms with E-state index in [1.54, 1.807) is 0 Å². The molecule has 1 aliphatic heterocycles. The molecule has 13 heavy (non-hydrogen) atoms. The summed E-state index contributed by atoms with van der Waals surface area (Å²) in [7, 11) is 0. The normalized spacial score (nSPS) is 21.5. The quantitative estimate of drug-likeness (QED) is 0.755. The zero-order chi connectivity index (χ0) is 9.10. The van der Waals surface area contributed by atoms with E-state index >= 15 is 0 Å². The van der Waals surface area contributed by atoms with Crippen LogP contribution in [0.3, 0.4) is 0 Å². The van der Waals surface area contributed by atoms with Crippen molar-refractivity contribution in [3.63, 3.8) is 0 Å². The van der Waals surface area contributed by atoms with E-state index in [1.165, 1.54) is 18.5 Å². The summed E-state index contributed by atoms with van der Waals surface area (Å²) < 4.78 is 2.12. The molecule has 0 fully saturated rings. The first-order valence-electron chi connectivity index (χ1n) is 5.14. The molecule has 3 heteroatoms. The Bertz CT molecular complexity index is 267.